The van der Waals surface area contributed by atoms with Gasteiger partial charge in [-0.3, -0.25) is 9.59 Å². The molecule has 8 nitrogen and oxygen atoms in total. The fourth-order valence-corrected chi connectivity index (χ4v) is 3.98. The third-order valence-electron chi connectivity index (χ3n) is 3.74. The highest BCUT2D eigenvalue weighted by Gasteiger charge is 2.26. The van der Waals surface area contributed by atoms with Crippen molar-refractivity contribution in [3.8, 4) is 0 Å². The summed E-state index contributed by atoms with van der Waals surface area (Å²) < 4.78 is 10.6. The normalized spacial score (nSPS) is 10.2. The summed E-state index contributed by atoms with van der Waals surface area (Å²) in [6.45, 7) is 2.82. The smallest absolute Gasteiger partial charge is 0.341 e. The van der Waals surface area contributed by atoms with Crippen molar-refractivity contribution in [2.45, 2.75) is 13.8 Å². The van der Waals surface area contributed by atoms with Gasteiger partial charge < -0.3 is 20.1 Å². The van der Waals surface area contributed by atoms with Crippen molar-refractivity contribution in [1.82, 2.24) is 5.32 Å². The molecule has 0 saturated heterocycles. The highest BCUT2D eigenvalue weighted by atomic mass is 79.9. The number of halogens is 1. The molecule has 1 heterocycles. The summed E-state index contributed by atoms with van der Waals surface area (Å²) in [5.74, 6) is -2.37. The zero-order valence-electron chi connectivity index (χ0n) is 16.0. The number of amides is 2. The van der Waals surface area contributed by atoms with Crippen molar-refractivity contribution >= 4 is 56.0 Å². The molecule has 0 bridgehead atoms. The molecule has 2 rings (SSSR count). The van der Waals surface area contributed by atoms with Gasteiger partial charge in [-0.2, -0.15) is 0 Å². The Labute approximate surface area is 179 Å². The van der Waals surface area contributed by atoms with Crippen molar-refractivity contribution in [1.29, 1.82) is 0 Å². The van der Waals surface area contributed by atoms with E-state index in [-0.39, 0.29) is 33.5 Å². The summed E-state index contributed by atoms with van der Waals surface area (Å²) in [5, 5.41) is 5.16. The number of hydrogen-bond acceptors (Lipinski definition) is 7. The Balaban J connectivity index is 2.16. The monoisotopic (exact) mass is 482 g/mol. The Morgan fingerprint density at radius 2 is 1.79 bits per heavy atom. The summed E-state index contributed by atoms with van der Waals surface area (Å²) in [6.07, 6.45) is 0. The van der Waals surface area contributed by atoms with Crippen molar-refractivity contribution in [3.05, 3.63) is 50.3 Å². The topological polar surface area (TPSA) is 111 Å². The minimum absolute atomic E-state index is 0.0981. The van der Waals surface area contributed by atoms with Crippen LogP contribution in [0.5, 0.6) is 0 Å². The van der Waals surface area contributed by atoms with Gasteiger partial charge in [0, 0.05) is 11.5 Å². The van der Waals surface area contributed by atoms with E-state index in [9.17, 15) is 19.2 Å². The van der Waals surface area contributed by atoms with Crippen LogP contribution >= 0.6 is 27.3 Å². The number of benzene rings is 1. The molecule has 0 aliphatic carbocycles. The van der Waals surface area contributed by atoms with E-state index in [1.54, 1.807) is 38.1 Å². The van der Waals surface area contributed by atoms with Crippen molar-refractivity contribution in [2.24, 2.45) is 0 Å². The van der Waals surface area contributed by atoms with Crippen LogP contribution in [0.3, 0.4) is 0 Å². The maximum atomic E-state index is 12.3. The molecule has 2 amide bonds. The van der Waals surface area contributed by atoms with E-state index < -0.39 is 24.5 Å². The number of carbonyl (C=O) groups excluding carboxylic acids is 4. The van der Waals surface area contributed by atoms with Gasteiger partial charge in [-0.25, -0.2) is 9.59 Å². The average Bonchev–Trinajstić information content (AvgIpc) is 3.01. The zero-order valence-corrected chi connectivity index (χ0v) is 18.4. The van der Waals surface area contributed by atoms with Crippen molar-refractivity contribution < 1.29 is 28.7 Å². The van der Waals surface area contributed by atoms with Crippen molar-refractivity contribution in [2.75, 3.05) is 25.6 Å². The minimum Gasteiger partial charge on any atom is -0.462 e. The maximum absolute atomic E-state index is 12.3. The van der Waals surface area contributed by atoms with Gasteiger partial charge in [-0.05, 0) is 47.5 Å². The highest BCUT2D eigenvalue weighted by Crippen LogP contribution is 2.33. The Morgan fingerprint density at radius 3 is 2.41 bits per heavy atom. The van der Waals surface area contributed by atoms with Crippen LogP contribution < -0.4 is 10.6 Å². The second-order valence-corrected chi connectivity index (χ2v) is 7.54. The molecule has 2 aromatic rings. The molecule has 0 aliphatic rings. The number of anilines is 1. The van der Waals surface area contributed by atoms with Gasteiger partial charge in [0.1, 0.15) is 5.00 Å². The molecule has 1 aromatic carbocycles. The van der Waals surface area contributed by atoms with E-state index in [0.717, 1.165) is 11.3 Å². The van der Waals surface area contributed by atoms with E-state index in [1.807, 2.05) is 0 Å². The molecular formula is C19H19BrN2O6S. The van der Waals surface area contributed by atoms with E-state index >= 15 is 0 Å². The second-order valence-electron chi connectivity index (χ2n) is 5.66. The van der Waals surface area contributed by atoms with Crippen LogP contribution in [0.15, 0.2) is 28.7 Å². The van der Waals surface area contributed by atoms with Crippen LogP contribution in [0.1, 0.15) is 42.9 Å². The molecule has 0 fully saturated rings. The van der Waals surface area contributed by atoms with Crippen LogP contribution in [0.4, 0.5) is 5.00 Å². The Morgan fingerprint density at radius 1 is 1.10 bits per heavy atom. The average molecular weight is 483 g/mol. The summed E-state index contributed by atoms with van der Waals surface area (Å²) in [4.78, 5) is 49.0. The molecule has 0 radical (unpaired) electrons. The minimum atomic E-state index is -0.674. The first-order valence-corrected chi connectivity index (χ1v) is 10.1. The maximum Gasteiger partial charge on any atom is 0.341 e. The SMILES string of the molecule is CCOC(=O)c1c(NC(=O)COC(=O)c2ccccc2Br)sc(C(=O)NC)c1C. The van der Waals surface area contributed by atoms with Crippen molar-refractivity contribution in [3.63, 3.8) is 0 Å². The number of nitrogens with one attached hydrogen (secondary N) is 2. The van der Waals surface area contributed by atoms with E-state index in [0.29, 0.717) is 10.0 Å². The van der Waals surface area contributed by atoms with Gasteiger partial charge in [-0.1, -0.05) is 12.1 Å². The quantitative estimate of drug-likeness (QED) is 0.586. The summed E-state index contributed by atoms with van der Waals surface area (Å²) in [7, 11) is 1.46. The van der Waals surface area contributed by atoms with Gasteiger partial charge >= 0.3 is 11.9 Å². The van der Waals surface area contributed by atoms with Crippen LogP contribution in [0, 0.1) is 6.92 Å². The number of carbonyl (C=O) groups is 4. The molecule has 0 spiro atoms. The first kappa shape index (κ1) is 22.6. The molecule has 0 unspecified atom stereocenters. The third-order valence-corrected chi connectivity index (χ3v) is 5.64. The lowest BCUT2D eigenvalue weighted by atomic mass is 10.1. The summed E-state index contributed by atoms with van der Waals surface area (Å²) in [6, 6.07) is 6.65. The Kier molecular flexibility index (Phi) is 7.91. The van der Waals surface area contributed by atoms with E-state index in [4.69, 9.17) is 9.47 Å². The standard InChI is InChI=1S/C19H19BrN2O6S/c1-4-27-19(26)14-10(2)15(16(24)21-3)29-17(14)22-13(23)9-28-18(25)11-7-5-6-8-12(11)20/h5-8H,4,9H2,1-3H3,(H,21,24)(H,22,23). The molecule has 2 N–H and O–H groups in total. The van der Waals surface area contributed by atoms with E-state index in [1.165, 1.54) is 7.05 Å². The van der Waals surface area contributed by atoms with Gasteiger partial charge in [0.2, 0.25) is 0 Å². The summed E-state index contributed by atoms with van der Waals surface area (Å²) in [5.41, 5.74) is 0.774. The van der Waals surface area contributed by atoms with Gasteiger partial charge in [0.05, 0.1) is 22.6 Å². The lowest BCUT2D eigenvalue weighted by molar-refractivity contribution is -0.119. The largest absolute Gasteiger partial charge is 0.462 e. The molecule has 0 aliphatic heterocycles. The predicted molar refractivity (Wildman–Crippen MR) is 111 cm³/mol. The van der Waals surface area contributed by atoms with Gasteiger partial charge in [0.25, 0.3) is 11.8 Å². The van der Waals surface area contributed by atoms with Crippen LogP contribution in [-0.4, -0.2) is 44.0 Å². The lowest BCUT2D eigenvalue weighted by Gasteiger charge is -2.08. The molecule has 154 valence electrons. The second kappa shape index (κ2) is 10.2. The fraction of sp³-hybridized carbons (Fsp3) is 0.263. The van der Waals surface area contributed by atoms with Gasteiger partial charge in [0.15, 0.2) is 6.61 Å². The molecule has 0 atom stereocenters. The van der Waals surface area contributed by atoms with Crippen LogP contribution in [0.25, 0.3) is 0 Å². The Bertz CT molecular complexity index is 956. The van der Waals surface area contributed by atoms with Crippen LogP contribution in [-0.2, 0) is 14.3 Å². The molecular weight excluding hydrogens is 464 g/mol. The van der Waals surface area contributed by atoms with Crippen LogP contribution in [0.2, 0.25) is 0 Å². The third kappa shape index (κ3) is 5.42. The number of rotatable bonds is 7. The lowest BCUT2D eigenvalue weighted by Crippen LogP contribution is -2.22. The first-order valence-electron chi connectivity index (χ1n) is 8.54. The first-order chi connectivity index (χ1) is 13.8. The van der Waals surface area contributed by atoms with E-state index in [2.05, 4.69) is 26.6 Å². The molecule has 1 aromatic heterocycles. The number of hydrogen-bond donors (Lipinski definition) is 2. The highest BCUT2D eigenvalue weighted by molar-refractivity contribution is 9.10. The Hall–Kier alpha value is -2.72. The molecule has 29 heavy (non-hydrogen) atoms. The fourth-order valence-electron chi connectivity index (χ4n) is 2.38. The zero-order chi connectivity index (χ0) is 21.6. The molecule has 0 saturated carbocycles. The number of esters is 2. The van der Waals surface area contributed by atoms with Gasteiger partial charge in [-0.15, -0.1) is 11.3 Å². The number of ether oxygens (including phenoxy) is 2. The molecule has 10 heteroatoms. The summed E-state index contributed by atoms with van der Waals surface area (Å²) >= 11 is 4.18. The predicted octanol–water partition coefficient (Wildman–Crippen LogP) is 3.15. The number of thiophene rings is 1.